The van der Waals surface area contributed by atoms with E-state index in [2.05, 4.69) is 4.98 Å². The molecule has 1 aliphatic heterocycles. The molecule has 0 saturated carbocycles. The zero-order chi connectivity index (χ0) is 14.7. The van der Waals surface area contributed by atoms with Gasteiger partial charge in [-0.2, -0.15) is 4.39 Å². The first-order chi connectivity index (χ1) is 9.54. The van der Waals surface area contributed by atoms with Gasteiger partial charge in [0.1, 0.15) is 6.04 Å². The summed E-state index contributed by atoms with van der Waals surface area (Å²) in [5.41, 5.74) is 0.599. The molecule has 1 aromatic rings. The Balaban J connectivity index is 2.25. The Morgan fingerprint density at radius 2 is 2.40 bits per heavy atom. The molecule has 7 heteroatoms. The molecule has 2 rings (SSSR count). The summed E-state index contributed by atoms with van der Waals surface area (Å²) >= 11 is 0. The first-order valence-electron chi connectivity index (χ1n) is 6.50. The second-order valence-corrected chi connectivity index (χ2v) is 5.05. The summed E-state index contributed by atoms with van der Waals surface area (Å²) in [4.78, 5) is 16.4. The SMILES string of the molecule is COCC[C@@H]1C[C@@H]([N+](=O)[O-])[C@H](c2ccnc(F)c2)N1C. The Morgan fingerprint density at radius 1 is 1.65 bits per heavy atom. The van der Waals surface area contributed by atoms with Crippen LogP contribution in [0.25, 0.3) is 0 Å². The van der Waals surface area contributed by atoms with E-state index in [0.29, 0.717) is 18.6 Å². The molecule has 3 atom stereocenters. The molecule has 20 heavy (non-hydrogen) atoms. The van der Waals surface area contributed by atoms with Gasteiger partial charge >= 0.3 is 0 Å². The van der Waals surface area contributed by atoms with E-state index in [1.807, 2.05) is 11.9 Å². The van der Waals surface area contributed by atoms with Crippen LogP contribution in [0, 0.1) is 16.1 Å². The lowest BCUT2D eigenvalue weighted by Crippen LogP contribution is -2.31. The second kappa shape index (κ2) is 6.23. The van der Waals surface area contributed by atoms with Crippen molar-refractivity contribution < 1.29 is 14.1 Å². The van der Waals surface area contributed by atoms with E-state index >= 15 is 0 Å². The van der Waals surface area contributed by atoms with Gasteiger partial charge in [-0.05, 0) is 31.2 Å². The third-order valence-electron chi connectivity index (χ3n) is 3.91. The predicted octanol–water partition coefficient (Wildman–Crippen LogP) is 1.65. The maximum absolute atomic E-state index is 13.3. The lowest BCUT2D eigenvalue weighted by Gasteiger charge is -2.25. The van der Waals surface area contributed by atoms with Crippen LogP contribution in [0.15, 0.2) is 18.3 Å². The smallest absolute Gasteiger partial charge is 0.234 e. The second-order valence-electron chi connectivity index (χ2n) is 5.05. The Morgan fingerprint density at radius 3 is 3.00 bits per heavy atom. The van der Waals surface area contributed by atoms with Crippen molar-refractivity contribution in [2.75, 3.05) is 20.8 Å². The molecule has 1 saturated heterocycles. The number of hydrogen-bond acceptors (Lipinski definition) is 5. The third kappa shape index (κ3) is 2.94. The zero-order valence-electron chi connectivity index (χ0n) is 11.5. The van der Waals surface area contributed by atoms with Crippen LogP contribution in [-0.2, 0) is 4.74 Å². The summed E-state index contributed by atoms with van der Waals surface area (Å²) in [6.45, 7) is 0.552. The molecule has 0 amide bonds. The third-order valence-corrected chi connectivity index (χ3v) is 3.91. The molecule has 1 fully saturated rings. The molecule has 110 valence electrons. The van der Waals surface area contributed by atoms with E-state index in [0.717, 1.165) is 6.42 Å². The van der Waals surface area contributed by atoms with Gasteiger partial charge in [-0.25, -0.2) is 4.98 Å². The van der Waals surface area contributed by atoms with Crippen LogP contribution in [0.2, 0.25) is 0 Å². The molecule has 0 aromatic carbocycles. The van der Waals surface area contributed by atoms with Gasteiger partial charge in [-0.3, -0.25) is 15.0 Å². The fourth-order valence-corrected chi connectivity index (χ4v) is 2.91. The van der Waals surface area contributed by atoms with Crippen molar-refractivity contribution in [3.8, 4) is 0 Å². The van der Waals surface area contributed by atoms with Crippen molar-refractivity contribution in [1.82, 2.24) is 9.88 Å². The summed E-state index contributed by atoms with van der Waals surface area (Å²) in [5.74, 6) is -0.613. The highest BCUT2D eigenvalue weighted by Crippen LogP contribution is 2.37. The number of nitrogens with zero attached hydrogens (tertiary/aromatic N) is 3. The average Bonchev–Trinajstić information content (AvgIpc) is 2.74. The monoisotopic (exact) mass is 283 g/mol. The molecule has 6 nitrogen and oxygen atoms in total. The fraction of sp³-hybridized carbons (Fsp3) is 0.615. The molecule has 1 aromatic heterocycles. The van der Waals surface area contributed by atoms with E-state index < -0.39 is 18.0 Å². The van der Waals surface area contributed by atoms with Gasteiger partial charge in [0, 0.05) is 37.3 Å². The Kier molecular flexibility index (Phi) is 4.61. The van der Waals surface area contributed by atoms with Crippen molar-refractivity contribution in [2.45, 2.75) is 31.0 Å². The van der Waals surface area contributed by atoms with E-state index in [-0.39, 0.29) is 11.0 Å². The first kappa shape index (κ1) is 14.8. The summed E-state index contributed by atoms with van der Waals surface area (Å²) in [6.07, 6.45) is 2.51. The quantitative estimate of drug-likeness (QED) is 0.467. The van der Waals surface area contributed by atoms with Gasteiger partial charge < -0.3 is 4.74 Å². The lowest BCUT2D eigenvalue weighted by atomic mass is 10.0. The van der Waals surface area contributed by atoms with E-state index in [1.165, 1.54) is 12.3 Å². The zero-order valence-corrected chi connectivity index (χ0v) is 11.5. The van der Waals surface area contributed by atoms with Gasteiger partial charge in [0.2, 0.25) is 12.0 Å². The standard InChI is InChI=1S/C13H18FN3O3/c1-16-10(4-6-20-2)8-11(17(18)19)13(16)9-3-5-15-12(14)7-9/h3,5,7,10-11,13H,4,6,8H2,1-2H3/t10-,11-,13+/m1/s1. The minimum Gasteiger partial charge on any atom is -0.385 e. The molecule has 0 radical (unpaired) electrons. The molecule has 1 aliphatic rings. The van der Waals surface area contributed by atoms with Crippen LogP contribution >= 0.6 is 0 Å². The summed E-state index contributed by atoms with van der Waals surface area (Å²) in [7, 11) is 3.45. The van der Waals surface area contributed by atoms with Crippen LogP contribution in [0.5, 0.6) is 0 Å². The topological polar surface area (TPSA) is 68.5 Å². The van der Waals surface area contributed by atoms with E-state index in [1.54, 1.807) is 13.2 Å². The molecule has 0 spiro atoms. The number of hydrogen-bond donors (Lipinski definition) is 0. The summed E-state index contributed by atoms with van der Waals surface area (Å²) < 4.78 is 18.3. The van der Waals surface area contributed by atoms with Crippen molar-refractivity contribution in [1.29, 1.82) is 0 Å². The van der Waals surface area contributed by atoms with E-state index in [4.69, 9.17) is 4.74 Å². The Bertz CT molecular complexity index is 486. The highest BCUT2D eigenvalue weighted by Gasteiger charge is 2.46. The van der Waals surface area contributed by atoms with Crippen LogP contribution in [0.1, 0.15) is 24.4 Å². The lowest BCUT2D eigenvalue weighted by molar-refractivity contribution is -0.525. The maximum Gasteiger partial charge on any atom is 0.234 e. The van der Waals surface area contributed by atoms with E-state index in [9.17, 15) is 14.5 Å². The number of likely N-dealkylation sites (tertiary alicyclic amines) is 1. The molecule has 2 heterocycles. The van der Waals surface area contributed by atoms with Gasteiger partial charge in [0.25, 0.3) is 0 Å². The average molecular weight is 283 g/mol. The van der Waals surface area contributed by atoms with Crippen molar-refractivity contribution in [2.24, 2.45) is 0 Å². The first-order valence-corrected chi connectivity index (χ1v) is 6.50. The van der Waals surface area contributed by atoms with Crippen LogP contribution in [0.3, 0.4) is 0 Å². The van der Waals surface area contributed by atoms with Crippen LogP contribution in [-0.4, -0.2) is 47.7 Å². The molecule has 0 aliphatic carbocycles. The highest BCUT2D eigenvalue weighted by atomic mass is 19.1. The Labute approximate surface area is 116 Å². The number of ether oxygens (including phenoxy) is 1. The van der Waals surface area contributed by atoms with Crippen LogP contribution in [0.4, 0.5) is 4.39 Å². The number of pyridine rings is 1. The predicted molar refractivity (Wildman–Crippen MR) is 70.4 cm³/mol. The minimum absolute atomic E-state index is 0.0616. The van der Waals surface area contributed by atoms with Crippen molar-refractivity contribution >= 4 is 0 Å². The Hall–Kier alpha value is -1.60. The number of rotatable bonds is 5. The van der Waals surface area contributed by atoms with Crippen molar-refractivity contribution in [3.63, 3.8) is 0 Å². The number of aromatic nitrogens is 1. The highest BCUT2D eigenvalue weighted by molar-refractivity contribution is 5.20. The minimum atomic E-state index is -0.733. The van der Waals surface area contributed by atoms with Gasteiger partial charge in [0.05, 0.1) is 0 Å². The number of halogens is 1. The van der Waals surface area contributed by atoms with Crippen molar-refractivity contribution in [3.05, 3.63) is 40.0 Å². The maximum atomic E-state index is 13.3. The summed E-state index contributed by atoms with van der Waals surface area (Å²) in [6, 6.07) is 1.81. The summed E-state index contributed by atoms with van der Waals surface area (Å²) in [5, 5.41) is 11.3. The van der Waals surface area contributed by atoms with Crippen LogP contribution < -0.4 is 0 Å². The largest absolute Gasteiger partial charge is 0.385 e. The van der Waals surface area contributed by atoms with Gasteiger partial charge in [0.15, 0.2) is 0 Å². The molecule has 0 bridgehead atoms. The normalized spacial score (nSPS) is 26.9. The molecular formula is C13H18FN3O3. The number of nitro groups is 1. The molecular weight excluding hydrogens is 265 g/mol. The van der Waals surface area contributed by atoms with Gasteiger partial charge in [-0.15, -0.1) is 0 Å². The molecule has 0 unspecified atom stereocenters. The number of likely N-dealkylation sites (N-methyl/N-ethyl adjacent to an activating group) is 1. The fourth-order valence-electron chi connectivity index (χ4n) is 2.91. The molecule has 0 N–H and O–H groups in total. The number of methoxy groups -OCH3 is 1. The van der Waals surface area contributed by atoms with Gasteiger partial charge in [-0.1, -0.05) is 0 Å².